The first kappa shape index (κ1) is 15.9. The van der Waals surface area contributed by atoms with Gasteiger partial charge in [0.25, 0.3) is 10.2 Å². The Morgan fingerprint density at radius 2 is 2.00 bits per heavy atom. The van der Waals surface area contributed by atoms with E-state index in [9.17, 15) is 8.42 Å². The second-order valence-corrected chi connectivity index (χ2v) is 7.04. The minimum Gasteiger partial charge on any atom is -0.302 e. The number of likely N-dealkylation sites (tertiary alicyclic amines) is 1. The summed E-state index contributed by atoms with van der Waals surface area (Å²) in [6.07, 6.45) is 1.90. The molecule has 1 rings (SSSR count). The Hall–Kier alpha value is -0.170. The summed E-state index contributed by atoms with van der Waals surface area (Å²) in [5.41, 5.74) is 0. The molecule has 1 aliphatic heterocycles. The summed E-state index contributed by atoms with van der Waals surface area (Å²) in [6.45, 7) is 9.64. The Balaban J connectivity index is 2.55. The summed E-state index contributed by atoms with van der Waals surface area (Å²) in [5, 5.41) is 0. The Bertz CT molecular complexity index is 345. The van der Waals surface area contributed by atoms with Crippen LogP contribution in [-0.4, -0.2) is 56.9 Å². The van der Waals surface area contributed by atoms with Crippen molar-refractivity contribution in [3.05, 3.63) is 0 Å². The zero-order valence-corrected chi connectivity index (χ0v) is 12.8. The lowest BCUT2D eigenvalue weighted by molar-refractivity contribution is 0.344. The van der Waals surface area contributed by atoms with Crippen LogP contribution in [0.25, 0.3) is 0 Å². The van der Waals surface area contributed by atoms with Crippen LogP contribution >= 0.6 is 0 Å². The fourth-order valence-corrected chi connectivity index (χ4v) is 3.50. The predicted octanol–water partition coefficient (Wildman–Crippen LogP) is 0.893. The van der Waals surface area contributed by atoms with Crippen molar-refractivity contribution in [2.24, 2.45) is 5.92 Å². The average molecular weight is 277 g/mol. The summed E-state index contributed by atoms with van der Waals surface area (Å²) in [4.78, 5) is 2.28. The number of hydrogen-bond acceptors (Lipinski definition) is 3. The molecule has 0 unspecified atom stereocenters. The molecule has 5 nitrogen and oxygen atoms in total. The molecule has 1 heterocycles. The molecule has 0 spiro atoms. The van der Waals surface area contributed by atoms with Crippen molar-refractivity contribution in [1.29, 1.82) is 0 Å². The molecule has 0 radical (unpaired) electrons. The van der Waals surface area contributed by atoms with Gasteiger partial charge in [-0.3, -0.25) is 0 Å². The number of likely N-dealkylation sites (N-methyl/N-ethyl adjacent to an activating group) is 1. The molecule has 0 aromatic carbocycles. The molecule has 0 aliphatic carbocycles. The minimum atomic E-state index is -3.32. The van der Waals surface area contributed by atoms with Gasteiger partial charge >= 0.3 is 0 Å². The lowest BCUT2D eigenvalue weighted by atomic mass is 10.1. The zero-order chi connectivity index (χ0) is 13.8. The van der Waals surface area contributed by atoms with Crippen LogP contribution in [0.15, 0.2) is 0 Å². The van der Waals surface area contributed by atoms with Crippen molar-refractivity contribution in [3.63, 3.8) is 0 Å². The Morgan fingerprint density at radius 1 is 1.33 bits per heavy atom. The van der Waals surface area contributed by atoms with E-state index >= 15 is 0 Å². The van der Waals surface area contributed by atoms with E-state index in [1.807, 2.05) is 0 Å². The largest absolute Gasteiger partial charge is 0.302 e. The third-order valence-corrected chi connectivity index (χ3v) is 5.28. The first-order valence-corrected chi connectivity index (χ1v) is 8.30. The van der Waals surface area contributed by atoms with Crippen LogP contribution < -0.4 is 4.72 Å². The molecule has 1 fully saturated rings. The topological polar surface area (TPSA) is 52.7 Å². The maximum atomic E-state index is 12.1. The first-order valence-electron chi connectivity index (χ1n) is 6.86. The molecule has 0 saturated carbocycles. The Kier molecular flexibility index (Phi) is 6.04. The fourth-order valence-electron chi connectivity index (χ4n) is 2.26. The maximum absolute atomic E-state index is 12.1. The van der Waals surface area contributed by atoms with Gasteiger partial charge in [-0.1, -0.05) is 27.2 Å². The van der Waals surface area contributed by atoms with Crippen LogP contribution in [0.5, 0.6) is 0 Å². The van der Waals surface area contributed by atoms with E-state index in [1.54, 1.807) is 7.05 Å². The van der Waals surface area contributed by atoms with Gasteiger partial charge in [-0.2, -0.15) is 17.4 Å². The highest BCUT2D eigenvalue weighted by atomic mass is 32.2. The molecule has 2 atom stereocenters. The van der Waals surface area contributed by atoms with Crippen molar-refractivity contribution in [3.8, 4) is 0 Å². The lowest BCUT2D eigenvalue weighted by Gasteiger charge is -2.22. The summed E-state index contributed by atoms with van der Waals surface area (Å²) in [7, 11) is -1.68. The SMILES string of the molecule is CCCCN(C)S(=O)(=O)N[C@H]1CN(CC)C[C@@H]1C. The summed E-state index contributed by atoms with van der Waals surface area (Å²) >= 11 is 0. The highest BCUT2D eigenvalue weighted by Gasteiger charge is 2.32. The minimum absolute atomic E-state index is 0.0408. The summed E-state index contributed by atoms with van der Waals surface area (Å²) in [6, 6.07) is 0.0408. The Morgan fingerprint density at radius 3 is 2.50 bits per heavy atom. The third kappa shape index (κ3) is 4.19. The average Bonchev–Trinajstić information content (AvgIpc) is 2.66. The van der Waals surface area contributed by atoms with Crippen LogP contribution in [0, 0.1) is 5.92 Å². The van der Waals surface area contributed by atoms with Crippen molar-refractivity contribution in [2.75, 3.05) is 33.2 Å². The third-order valence-electron chi connectivity index (χ3n) is 3.67. The number of nitrogens with one attached hydrogen (secondary N) is 1. The smallest absolute Gasteiger partial charge is 0.279 e. The normalized spacial score (nSPS) is 26.1. The number of unbranched alkanes of at least 4 members (excludes halogenated alkanes) is 1. The van der Waals surface area contributed by atoms with Crippen LogP contribution in [0.1, 0.15) is 33.6 Å². The standard InChI is InChI=1S/C12H27N3O2S/c1-5-7-8-14(4)18(16,17)13-12-10-15(6-2)9-11(12)3/h11-13H,5-10H2,1-4H3/t11-,12-/m0/s1. The van der Waals surface area contributed by atoms with Crippen molar-refractivity contribution in [1.82, 2.24) is 13.9 Å². The molecule has 0 aromatic rings. The van der Waals surface area contributed by atoms with Gasteiger partial charge in [0, 0.05) is 32.7 Å². The molecule has 0 amide bonds. The predicted molar refractivity (Wildman–Crippen MR) is 74.7 cm³/mol. The van der Waals surface area contributed by atoms with Gasteiger partial charge in [0.2, 0.25) is 0 Å². The van der Waals surface area contributed by atoms with E-state index in [-0.39, 0.29) is 6.04 Å². The lowest BCUT2D eigenvalue weighted by Crippen LogP contribution is -2.46. The van der Waals surface area contributed by atoms with Crippen molar-refractivity contribution >= 4 is 10.2 Å². The van der Waals surface area contributed by atoms with Crippen LogP contribution in [-0.2, 0) is 10.2 Å². The molecule has 18 heavy (non-hydrogen) atoms. The first-order chi connectivity index (χ1) is 8.40. The molecule has 0 aromatic heterocycles. The van der Waals surface area contributed by atoms with Gasteiger partial charge in [-0.05, 0) is 18.9 Å². The van der Waals surface area contributed by atoms with E-state index in [4.69, 9.17) is 0 Å². The van der Waals surface area contributed by atoms with Crippen molar-refractivity contribution in [2.45, 2.75) is 39.7 Å². The van der Waals surface area contributed by atoms with Crippen molar-refractivity contribution < 1.29 is 8.42 Å². The maximum Gasteiger partial charge on any atom is 0.279 e. The molecule has 1 saturated heterocycles. The van der Waals surface area contributed by atoms with E-state index in [1.165, 1.54) is 4.31 Å². The summed E-state index contributed by atoms with van der Waals surface area (Å²) in [5.74, 6) is 0.374. The van der Waals surface area contributed by atoms with E-state index in [2.05, 4.69) is 30.4 Å². The van der Waals surface area contributed by atoms with E-state index < -0.39 is 10.2 Å². The van der Waals surface area contributed by atoms with Crippen LogP contribution in [0.3, 0.4) is 0 Å². The second kappa shape index (κ2) is 6.84. The van der Waals surface area contributed by atoms with Gasteiger partial charge in [-0.25, -0.2) is 0 Å². The highest BCUT2D eigenvalue weighted by Crippen LogP contribution is 2.17. The molecule has 1 aliphatic rings. The number of hydrogen-bond donors (Lipinski definition) is 1. The van der Waals surface area contributed by atoms with Gasteiger partial charge < -0.3 is 4.90 Å². The van der Waals surface area contributed by atoms with E-state index in [0.717, 1.165) is 32.5 Å². The summed E-state index contributed by atoms with van der Waals surface area (Å²) < 4.78 is 28.5. The molecular weight excluding hydrogens is 250 g/mol. The molecule has 1 N–H and O–H groups in total. The zero-order valence-electron chi connectivity index (χ0n) is 12.0. The van der Waals surface area contributed by atoms with Crippen LogP contribution in [0.4, 0.5) is 0 Å². The highest BCUT2D eigenvalue weighted by molar-refractivity contribution is 7.87. The van der Waals surface area contributed by atoms with Gasteiger partial charge in [0.15, 0.2) is 0 Å². The van der Waals surface area contributed by atoms with Gasteiger partial charge in [0.05, 0.1) is 0 Å². The van der Waals surface area contributed by atoms with Crippen LogP contribution in [0.2, 0.25) is 0 Å². The molecule has 108 valence electrons. The number of rotatable bonds is 7. The van der Waals surface area contributed by atoms with E-state index in [0.29, 0.717) is 12.5 Å². The number of nitrogens with zero attached hydrogens (tertiary/aromatic N) is 2. The monoisotopic (exact) mass is 277 g/mol. The molecular formula is C12H27N3O2S. The quantitative estimate of drug-likeness (QED) is 0.752. The fraction of sp³-hybridized carbons (Fsp3) is 1.00. The molecule has 6 heteroatoms. The molecule has 0 bridgehead atoms. The Labute approximate surface area is 112 Å². The van der Waals surface area contributed by atoms with Gasteiger partial charge in [0.1, 0.15) is 0 Å². The second-order valence-electron chi connectivity index (χ2n) is 5.23. The van der Waals surface area contributed by atoms with Gasteiger partial charge in [-0.15, -0.1) is 0 Å².